The van der Waals surface area contributed by atoms with E-state index >= 15 is 0 Å². The summed E-state index contributed by atoms with van der Waals surface area (Å²) < 4.78 is 0. The van der Waals surface area contributed by atoms with Crippen LogP contribution in [0.5, 0.6) is 0 Å². The molecule has 0 spiro atoms. The highest BCUT2D eigenvalue weighted by Gasteiger charge is 2.45. The lowest BCUT2D eigenvalue weighted by molar-refractivity contribution is 0.768. The van der Waals surface area contributed by atoms with Crippen molar-refractivity contribution < 1.29 is 0 Å². The first-order chi connectivity index (χ1) is 30.7. The number of hydrogen-bond donors (Lipinski definition) is 0. The Kier molecular flexibility index (Phi) is 9.48. The Hall–Kier alpha value is -8.00. The molecule has 0 fully saturated rings. The summed E-state index contributed by atoms with van der Waals surface area (Å²) in [4.78, 5) is 2.42. The highest BCUT2D eigenvalue weighted by Crippen LogP contribution is 2.56. The van der Waals surface area contributed by atoms with Crippen molar-refractivity contribution in [1.29, 1.82) is 0 Å². The predicted octanol–water partition coefficient (Wildman–Crippen LogP) is 16.2. The fourth-order valence-corrected chi connectivity index (χ4v) is 9.67. The SMILES string of the molecule is c1ccc(-c2cccc(-c3ccc(N(c4ccc(C5(c6ccccc6)c6ccccc6-c6ccccc65)cc4)c4cc(-c5ccccc5)cc(-c5ccccc5)c4)cc3)c2)cc1. The summed E-state index contributed by atoms with van der Waals surface area (Å²) in [5, 5.41) is 0. The molecule has 1 heteroatoms. The Bertz CT molecular complexity index is 3030. The van der Waals surface area contributed by atoms with Crippen LogP contribution in [0.4, 0.5) is 17.1 Å². The highest BCUT2D eigenvalue weighted by molar-refractivity contribution is 5.88. The van der Waals surface area contributed by atoms with Gasteiger partial charge in [0.05, 0.1) is 5.41 Å². The maximum Gasteiger partial charge on any atom is 0.0713 e. The number of nitrogens with zero attached hydrogens (tertiary/aromatic N) is 1. The summed E-state index contributed by atoms with van der Waals surface area (Å²) in [5.41, 5.74) is 20.0. The van der Waals surface area contributed by atoms with E-state index in [2.05, 4.69) is 266 Å². The van der Waals surface area contributed by atoms with Gasteiger partial charge < -0.3 is 4.90 Å². The van der Waals surface area contributed by atoms with Crippen molar-refractivity contribution in [3.05, 3.63) is 283 Å². The summed E-state index contributed by atoms with van der Waals surface area (Å²) >= 11 is 0. The van der Waals surface area contributed by atoms with E-state index in [1.807, 2.05) is 0 Å². The van der Waals surface area contributed by atoms with Crippen LogP contribution in [0.25, 0.3) is 55.6 Å². The molecule has 0 aliphatic heterocycles. The Morgan fingerprint density at radius 1 is 0.226 bits per heavy atom. The van der Waals surface area contributed by atoms with Crippen molar-refractivity contribution in [3.63, 3.8) is 0 Å². The van der Waals surface area contributed by atoms with E-state index in [0.29, 0.717) is 0 Å². The molecule has 0 radical (unpaired) electrons. The molecule has 0 unspecified atom stereocenters. The molecule has 0 saturated heterocycles. The van der Waals surface area contributed by atoms with Crippen LogP contribution in [0.2, 0.25) is 0 Å². The van der Waals surface area contributed by atoms with E-state index in [-0.39, 0.29) is 0 Å². The molecule has 1 aliphatic rings. The maximum absolute atomic E-state index is 2.42. The summed E-state index contributed by atoms with van der Waals surface area (Å²) in [7, 11) is 0. The van der Waals surface area contributed by atoms with Gasteiger partial charge in [0, 0.05) is 17.1 Å². The van der Waals surface area contributed by atoms with Crippen LogP contribution < -0.4 is 4.90 Å². The summed E-state index contributed by atoms with van der Waals surface area (Å²) in [6, 6.07) is 95.2. The van der Waals surface area contributed by atoms with Crippen LogP contribution >= 0.6 is 0 Å². The van der Waals surface area contributed by atoms with E-state index in [1.54, 1.807) is 0 Å². The predicted molar refractivity (Wildman–Crippen MR) is 260 cm³/mol. The van der Waals surface area contributed by atoms with Crippen LogP contribution in [0.3, 0.4) is 0 Å². The van der Waals surface area contributed by atoms with Crippen molar-refractivity contribution in [2.45, 2.75) is 5.41 Å². The third-order valence-corrected chi connectivity index (χ3v) is 12.5. The minimum Gasteiger partial charge on any atom is -0.310 e. The van der Waals surface area contributed by atoms with Gasteiger partial charge in [-0.25, -0.2) is 0 Å². The van der Waals surface area contributed by atoms with Gasteiger partial charge in [0.1, 0.15) is 0 Å². The van der Waals surface area contributed by atoms with E-state index in [4.69, 9.17) is 0 Å². The van der Waals surface area contributed by atoms with Gasteiger partial charge in [0.2, 0.25) is 0 Å². The van der Waals surface area contributed by atoms with Crippen LogP contribution in [0, 0.1) is 0 Å². The van der Waals surface area contributed by atoms with E-state index < -0.39 is 5.41 Å². The molecule has 11 rings (SSSR count). The van der Waals surface area contributed by atoms with Gasteiger partial charge in [-0.15, -0.1) is 0 Å². The van der Waals surface area contributed by atoms with Crippen LogP contribution in [0.15, 0.2) is 261 Å². The van der Waals surface area contributed by atoms with E-state index in [0.717, 1.165) is 17.1 Å². The molecule has 0 heterocycles. The minimum atomic E-state index is -0.471. The molecule has 0 amide bonds. The van der Waals surface area contributed by atoms with Crippen molar-refractivity contribution >= 4 is 17.1 Å². The fourth-order valence-electron chi connectivity index (χ4n) is 9.67. The van der Waals surface area contributed by atoms with Gasteiger partial charge in [-0.05, 0) is 126 Å². The number of rotatable bonds is 9. The number of hydrogen-bond acceptors (Lipinski definition) is 1. The second-order valence-corrected chi connectivity index (χ2v) is 16.1. The molecular formula is C61H43N. The maximum atomic E-state index is 2.42. The van der Waals surface area contributed by atoms with E-state index in [9.17, 15) is 0 Å². The van der Waals surface area contributed by atoms with Gasteiger partial charge in [-0.1, -0.05) is 212 Å². The van der Waals surface area contributed by atoms with Crippen LogP contribution in [-0.2, 0) is 5.41 Å². The fraction of sp³-hybridized carbons (Fsp3) is 0.0164. The summed E-state index contributed by atoms with van der Waals surface area (Å²) in [5.74, 6) is 0. The standard InChI is InChI=1S/C61H43N/c1-5-18-44(19-6-1)48-24-17-25-49(40-48)47-32-36-54(37-33-47)62(56-42-50(45-20-7-2-8-21-45)41-51(43-56)46-22-9-3-10-23-46)55-38-34-53(35-39-55)61(52-26-11-4-12-27-52)59-30-15-13-28-57(59)58-29-14-16-31-60(58)61/h1-43H. The lowest BCUT2D eigenvalue weighted by atomic mass is 9.68. The van der Waals surface area contributed by atoms with Gasteiger partial charge in [-0.3, -0.25) is 0 Å². The smallest absolute Gasteiger partial charge is 0.0713 e. The van der Waals surface area contributed by atoms with Crippen LogP contribution in [-0.4, -0.2) is 0 Å². The lowest BCUT2D eigenvalue weighted by Crippen LogP contribution is -2.28. The Morgan fingerprint density at radius 2 is 0.581 bits per heavy atom. The molecule has 0 N–H and O–H groups in total. The molecule has 10 aromatic carbocycles. The zero-order chi connectivity index (χ0) is 41.3. The first kappa shape index (κ1) is 37.0. The second-order valence-electron chi connectivity index (χ2n) is 16.1. The number of benzene rings is 10. The van der Waals surface area contributed by atoms with Gasteiger partial charge in [0.25, 0.3) is 0 Å². The Labute approximate surface area is 364 Å². The Balaban J connectivity index is 1.08. The monoisotopic (exact) mass is 789 g/mol. The topological polar surface area (TPSA) is 3.24 Å². The zero-order valence-electron chi connectivity index (χ0n) is 34.3. The summed E-state index contributed by atoms with van der Waals surface area (Å²) in [6.45, 7) is 0. The highest BCUT2D eigenvalue weighted by atomic mass is 15.1. The normalized spacial score (nSPS) is 12.3. The zero-order valence-corrected chi connectivity index (χ0v) is 34.3. The van der Waals surface area contributed by atoms with E-state index in [1.165, 1.54) is 77.9 Å². The number of fused-ring (bicyclic) bond motifs is 3. The molecular weight excluding hydrogens is 747 g/mol. The van der Waals surface area contributed by atoms with Crippen molar-refractivity contribution in [1.82, 2.24) is 0 Å². The second kappa shape index (κ2) is 15.9. The average Bonchev–Trinajstić information content (AvgIpc) is 3.66. The third kappa shape index (κ3) is 6.52. The van der Waals surface area contributed by atoms with Gasteiger partial charge >= 0.3 is 0 Å². The molecule has 0 bridgehead atoms. The molecule has 0 aromatic heterocycles. The average molecular weight is 790 g/mol. The quantitative estimate of drug-likeness (QED) is 0.141. The number of anilines is 3. The molecule has 10 aromatic rings. The largest absolute Gasteiger partial charge is 0.310 e. The molecule has 1 aliphatic carbocycles. The first-order valence-electron chi connectivity index (χ1n) is 21.4. The van der Waals surface area contributed by atoms with Crippen molar-refractivity contribution in [3.8, 4) is 55.6 Å². The van der Waals surface area contributed by atoms with Gasteiger partial charge in [-0.2, -0.15) is 0 Å². The Morgan fingerprint density at radius 3 is 1.08 bits per heavy atom. The van der Waals surface area contributed by atoms with Crippen molar-refractivity contribution in [2.75, 3.05) is 4.90 Å². The van der Waals surface area contributed by atoms with Gasteiger partial charge in [0.15, 0.2) is 0 Å². The summed E-state index contributed by atoms with van der Waals surface area (Å²) in [6.07, 6.45) is 0. The minimum absolute atomic E-state index is 0.471. The molecule has 1 nitrogen and oxygen atoms in total. The third-order valence-electron chi connectivity index (χ3n) is 12.5. The van der Waals surface area contributed by atoms with Crippen molar-refractivity contribution in [2.24, 2.45) is 0 Å². The molecule has 292 valence electrons. The lowest BCUT2D eigenvalue weighted by Gasteiger charge is -2.34. The first-order valence-corrected chi connectivity index (χ1v) is 21.4. The molecule has 0 saturated carbocycles. The van der Waals surface area contributed by atoms with Crippen LogP contribution in [0.1, 0.15) is 22.3 Å². The molecule has 62 heavy (non-hydrogen) atoms. The molecule has 0 atom stereocenters.